The van der Waals surface area contributed by atoms with Gasteiger partial charge in [-0.05, 0) is 24.3 Å². The maximum atomic E-state index is 15.0. The summed E-state index contributed by atoms with van der Waals surface area (Å²) in [6.07, 6.45) is 0. The highest BCUT2D eigenvalue weighted by Crippen LogP contribution is 2.46. The largest absolute Gasteiger partial charge is 0.457 e. The Bertz CT molecular complexity index is 1670. The van der Waals surface area contributed by atoms with Crippen LogP contribution in [0.2, 0.25) is 0 Å². The molecule has 0 amide bonds. The van der Waals surface area contributed by atoms with E-state index < -0.39 is 14.3 Å². The van der Waals surface area contributed by atoms with Gasteiger partial charge in [-0.3, -0.25) is 0 Å². The number of benzene rings is 6. The molecule has 0 atom stereocenters. The quantitative estimate of drug-likeness (QED) is 0.135. The van der Waals surface area contributed by atoms with Gasteiger partial charge in [0.05, 0.1) is 10.6 Å². The average molecular weight is 601 g/mol. The van der Waals surface area contributed by atoms with Crippen LogP contribution in [0.4, 0.5) is 0 Å². The minimum Gasteiger partial charge on any atom is -0.457 e. The molecule has 6 rings (SSSR count). The van der Waals surface area contributed by atoms with Gasteiger partial charge in [-0.2, -0.15) is 0 Å². The molecule has 0 aliphatic carbocycles. The van der Waals surface area contributed by atoms with Crippen LogP contribution in [0.15, 0.2) is 170 Å². The molecule has 0 heterocycles. The van der Waals surface area contributed by atoms with Gasteiger partial charge in [-0.1, -0.05) is 146 Å². The first kappa shape index (κ1) is 28.5. The highest BCUT2D eigenvalue weighted by atomic mass is 31.2. The number of hydrogen-bond acceptors (Lipinski definition) is 4. The summed E-state index contributed by atoms with van der Waals surface area (Å²) in [7, 11) is -6.54. The van der Waals surface area contributed by atoms with Crippen LogP contribution in [-0.2, 0) is 9.13 Å². The van der Waals surface area contributed by atoms with Crippen molar-refractivity contribution in [1.82, 2.24) is 0 Å². The molecule has 0 saturated carbocycles. The molecule has 0 radical (unpaired) electrons. The third-order valence-electron chi connectivity index (χ3n) is 7.32. The van der Waals surface area contributed by atoms with Crippen molar-refractivity contribution in [3.05, 3.63) is 170 Å². The van der Waals surface area contributed by atoms with Gasteiger partial charge in [0.25, 0.3) is 0 Å². The van der Waals surface area contributed by atoms with Crippen molar-refractivity contribution in [2.24, 2.45) is 0 Å². The molecule has 0 aromatic heterocycles. The van der Waals surface area contributed by atoms with E-state index in [1.54, 1.807) is 0 Å². The zero-order valence-electron chi connectivity index (χ0n) is 23.4. The van der Waals surface area contributed by atoms with E-state index in [4.69, 9.17) is 9.47 Å². The van der Waals surface area contributed by atoms with E-state index in [0.717, 1.165) is 21.2 Å². The van der Waals surface area contributed by atoms with Crippen molar-refractivity contribution in [3.63, 3.8) is 0 Å². The zero-order chi connectivity index (χ0) is 29.5. The Morgan fingerprint density at radius 1 is 0.349 bits per heavy atom. The van der Waals surface area contributed by atoms with Gasteiger partial charge in [-0.25, -0.2) is 0 Å². The predicted octanol–water partition coefficient (Wildman–Crippen LogP) is 6.38. The Kier molecular flexibility index (Phi) is 8.43. The Hall–Kier alpha value is -4.62. The van der Waals surface area contributed by atoms with Crippen molar-refractivity contribution in [3.8, 4) is 11.5 Å². The lowest BCUT2D eigenvalue weighted by Crippen LogP contribution is -2.28. The fraction of sp³-hybridized carbons (Fsp3) is 0.0270. The summed E-state index contributed by atoms with van der Waals surface area (Å²) in [6, 6.07) is 52.7. The molecule has 0 fully saturated rings. The molecule has 0 unspecified atom stereocenters. The topological polar surface area (TPSA) is 52.6 Å². The van der Waals surface area contributed by atoms with E-state index in [2.05, 4.69) is 0 Å². The minimum atomic E-state index is -3.27. The second-order valence-electron chi connectivity index (χ2n) is 9.90. The molecule has 0 spiro atoms. The highest BCUT2D eigenvalue weighted by molar-refractivity contribution is 7.86. The van der Waals surface area contributed by atoms with Gasteiger partial charge >= 0.3 is 0 Å². The van der Waals surface area contributed by atoms with Crippen LogP contribution in [0.3, 0.4) is 0 Å². The van der Waals surface area contributed by atoms with Gasteiger partial charge in [0, 0.05) is 21.2 Å². The second-order valence-corrected chi connectivity index (χ2v) is 15.4. The smallest absolute Gasteiger partial charge is 0.230 e. The predicted molar refractivity (Wildman–Crippen MR) is 178 cm³/mol. The monoisotopic (exact) mass is 600 g/mol. The first-order valence-electron chi connectivity index (χ1n) is 14.0. The molecule has 0 aliphatic heterocycles. The first-order valence-corrected chi connectivity index (χ1v) is 17.4. The summed E-state index contributed by atoms with van der Waals surface area (Å²) in [6.45, 7) is -0.165. The fourth-order valence-corrected chi connectivity index (χ4v) is 10.8. The average Bonchev–Trinajstić information content (AvgIpc) is 3.09. The van der Waals surface area contributed by atoms with E-state index in [0.29, 0.717) is 22.1 Å². The van der Waals surface area contributed by atoms with Gasteiger partial charge in [0.15, 0.2) is 14.3 Å². The van der Waals surface area contributed by atoms with Crippen LogP contribution in [0, 0.1) is 0 Å². The summed E-state index contributed by atoms with van der Waals surface area (Å²) in [5.74, 6) is 0.927. The molecule has 43 heavy (non-hydrogen) atoms. The number of para-hydroxylation sites is 2. The summed E-state index contributed by atoms with van der Waals surface area (Å²) in [5, 5.41) is 4.04. The third kappa shape index (κ3) is 5.60. The lowest BCUT2D eigenvalue weighted by atomic mass is 10.3. The van der Waals surface area contributed by atoms with Crippen LogP contribution in [-0.4, -0.2) is 6.79 Å². The summed E-state index contributed by atoms with van der Waals surface area (Å²) in [5.41, 5.74) is 0. The molecule has 0 bridgehead atoms. The Labute approximate surface area is 252 Å². The van der Waals surface area contributed by atoms with E-state index in [1.165, 1.54) is 0 Å². The standard InChI is InChI=1S/C37H30O4P2/c38-42(30-17-5-1-6-18-30,31-19-7-2-8-20-31)36-27-15-13-25-34(36)40-29-41-35-26-14-16-28-37(35)43(39,32-21-9-3-10-22-32)33-23-11-4-12-24-33/h1-28H,29H2. The molecule has 6 aromatic rings. The van der Waals surface area contributed by atoms with E-state index in [9.17, 15) is 0 Å². The molecule has 6 heteroatoms. The summed E-state index contributed by atoms with van der Waals surface area (Å²) >= 11 is 0. The van der Waals surface area contributed by atoms with Crippen LogP contribution in [0.1, 0.15) is 0 Å². The number of hydrogen-bond donors (Lipinski definition) is 0. The van der Waals surface area contributed by atoms with Crippen molar-refractivity contribution < 1.29 is 18.6 Å². The van der Waals surface area contributed by atoms with Crippen molar-refractivity contribution in [2.75, 3.05) is 6.79 Å². The SMILES string of the molecule is O=P(c1ccccc1)(c1ccccc1)c1ccccc1OCOc1ccccc1P(=O)(c1ccccc1)c1ccccc1. The maximum absolute atomic E-state index is 15.0. The van der Waals surface area contributed by atoms with E-state index >= 15 is 9.13 Å². The van der Waals surface area contributed by atoms with Gasteiger partial charge < -0.3 is 18.6 Å². The lowest BCUT2D eigenvalue weighted by Gasteiger charge is -2.24. The van der Waals surface area contributed by atoms with Crippen LogP contribution in [0.5, 0.6) is 11.5 Å². The molecule has 212 valence electrons. The second kappa shape index (κ2) is 12.7. The van der Waals surface area contributed by atoms with Crippen molar-refractivity contribution in [2.45, 2.75) is 0 Å². The summed E-state index contributed by atoms with van der Waals surface area (Å²) < 4.78 is 42.5. The van der Waals surface area contributed by atoms with Crippen LogP contribution >= 0.6 is 14.3 Å². The van der Waals surface area contributed by atoms with Gasteiger partial charge in [-0.15, -0.1) is 0 Å². The highest BCUT2D eigenvalue weighted by Gasteiger charge is 2.34. The Balaban J connectivity index is 1.35. The fourth-order valence-electron chi connectivity index (χ4n) is 5.24. The molecule has 0 N–H and O–H groups in total. The third-order valence-corrected chi connectivity index (χ3v) is 13.5. The van der Waals surface area contributed by atoms with E-state index in [-0.39, 0.29) is 6.79 Å². The number of rotatable bonds is 10. The van der Waals surface area contributed by atoms with Crippen molar-refractivity contribution in [1.29, 1.82) is 0 Å². The maximum Gasteiger partial charge on any atom is 0.230 e. The van der Waals surface area contributed by atoms with Gasteiger partial charge in [0.2, 0.25) is 6.79 Å². The molecular formula is C37H30O4P2. The van der Waals surface area contributed by atoms with Crippen molar-refractivity contribution >= 4 is 46.1 Å². The lowest BCUT2D eigenvalue weighted by molar-refractivity contribution is 0.122. The number of ether oxygens (including phenoxy) is 2. The Morgan fingerprint density at radius 3 is 0.907 bits per heavy atom. The van der Waals surface area contributed by atoms with Crippen LogP contribution < -0.4 is 41.3 Å². The van der Waals surface area contributed by atoms with Crippen LogP contribution in [0.25, 0.3) is 0 Å². The minimum absolute atomic E-state index is 0.165. The zero-order valence-corrected chi connectivity index (χ0v) is 25.2. The normalized spacial score (nSPS) is 11.5. The summed E-state index contributed by atoms with van der Waals surface area (Å²) in [4.78, 5) is 0. The van der Waals surface area contributed by atoms with Gasteiger partial charge in [0.1, 0.15) is 11.5 Å². The molecule has 4 nitrogen and oxygen atoms in total. The first-order chi connectivity index (χ1) is 21.1. The van der Waals surface area contributed by atoms with E-state index in [1.807, 2.05) is 170 Å². The Morgan fingerprint density at radius 2 is 0.605 bits per heavy atom. The molecule has 6 aromatic carbocycles. The molecular weight excluding hydrogens is 570 g/mol. The molecule has 0 saturated heterocycles. The molecule has 0 aliphatic rings.